The maximum atomic E-state index is 13.8. The smallest absolute Gasteiger partial charge is 0.258 e. The van der Waals surface area contributed by atoms with Gasteiger partial charge in [-0.05, 0) is 18.2 Å². The van der Waals surface area contributed by atoms with Crippen molar-refractivity contribution in [3.8, 4) is 17.2 Å². The van der Waals surface area contributed by atoms with Crippen molar-refractivity contribution in [2.24, 2.45) is 0 Å². The van der Waals surface area contributed by atoms with Crippen LogP contribution < -0.4 is 0 Å². The van der Waals surface area contributed by atoms with Crippen LogP contribution >= 0.6 is 11.6 Å². The first-order valence-electron chi connectivity index (χ1n) is 5.17. The largest absolute Gasteiger partial charge is 0.270 e. The summed E-state index contributed by atoms with van der Waals surface area (Å²) in [7, 11) is 0. The summed E-state index contributed by atoms with van der Waals surface area (Å²) in [6.07, 6.45) is 0. The fraction of sp³-hybridized carbons (Fsp3) is 0. The molecule has 0 atom stereocenters. The van der Waals surface area contributed by atoms with Crippen LogP contribution in [0.25, 0.3) is 11.1 Å². The monoisotopic (exact) mass is 276 g/mol. The van der Waals surface area contributed by atoms with Crippen LogP contribution in [0.4, 0.5) is 10.1 Å². The van der Waals surface area contributed by atoms with Gasteiger partial charge in [0.2, 0.25) is 0 Å². The van der Waals surface area contributed by atoms with Gasteiger partial charge in [0.05, 0.1) is 16.6 Å². The van der Waals surface area contributed by atoms with Crippen molar-refractivity contribution in [3.05, 3.63) is 62.9 Å². The molecule has 0 bridgehead atoms. The average Bonchev–Trinajstić information content (AvgIpc) is 2.39. The Bertz CT molecular complexity index is 710. The van der Waals surface area contributed by atoms with E-state index in [1.807, 2.05) is 6.07 Å². The van der Waals surface area contributed by atoms with Gasteiger partial charge in [-0.3, -0.25) is 10.1 Å². The van der Waals surface area contributed by atoms with Gasteiger partial charge in [0, 0.05) is 28.3 Å². The predicted molar refractivity (Wildman–Crippen MR) is 68.2 cm³/mol. The van der Waals surface area contributed by atoms with Crippen LogP contribution in [0.5, 0.6) is 0 Å². The summed E-state index contributed by atoms with van der Waals surface area (Å²) >= 11 is 5.75. The van der Waals surface area contributed by atoms with E-state index in [0.29, 0.717) is 5.02 Å². The van der Waals surface area contributed by atoms with Gasteiger partial charge in [0.15, 0.2) is 0 Å². The van der Waals surface area contributed by atoms with Crippen molar-refractivity contribution in [3.63, 3.8) is 0 Å². The highest BCUT2D eigenvalue weighted by Gasteiger charge is 2.15. The van der Waals surface area contributed by atoms with Gasteiger partial charge in [-0.2, -0.15) is 5.26 Å². The molecular weight excluding hydrogens is 271 g/mol. The number of hydrogen-bond donors (Lipinski definition) is 0. The minimum Gasteiger partial charge on any atom is -0.258 e. The standard InChI is InChI=1S/C13H6ClFN2O2/c14-9-1-3-11(8(5-9)7-16)12-6-10(17(18)19)2-4-13(12)15/h1-6H. The fourth-order valence-electron chi connectivity index (χ4n) is 1.68. The van der Waals surface area contributed by atoms with Crippen LogP contribution in [0.1, 0.15) is 5.56 Å². The molecule has 0 N–H and O–H groups in total. The SMILES string of the molecule is N#Cc1cc(Cl)ccc1-c1cc([N+](=O)[O-])ccc1F. The van der Waals surface area contributed by atoms with Gasteiger partial charge in [-0.15, -0.1) is 0 Å². The van der Waals surface area contributed by atoms with Crippen LogP contribution in [0.2, 0.25) is 5.02 Å². The summed E-state index contributed by atoms with van der Waals surface area (Å²) < 4.78 is 13.8. The highest BCUT2D eigenvalue weighted by atomic mass is 35.5. The summed E-state index contributed by atoms with van der Waals surface area (Å²) in [5.74, 6) is -0.635. The third kappa shape index (κ3) is 2.54. The molecule has 0 unspecified atom stereocenters. The minimum absolute atomic E-state index is 0.00224. The highest BCUT2D eigenvalue weighted by Crippen LogP contribution is 2.30. The summed E-state index contributed by atoms with van der Waals surface area (Å²) in [6, 6.07) is 9.40. The first-order chi connectivity index (χ1) is 9.02. The number of rotatable bonds is 2. The highest BCUT2D eigenvalue weighted by molar-refractivity contribution is 6.30. The Morgan fingerprint density at radius 2 is 1.95 bits per heavy atom. The zero-order valence-electron chi connectivity index (χ0n) is 9.43. The Hall–Kier alpha value is -2.45. The fourth-order valence-corrected chi connectivity index (χ4v) is 1.85. The van der Waals surface area contributed by atoms with E-state index in [1.165, 1.54) is 18.2 Å². The Kier molecular flexibility index (Phi) is 3.45. The average molecular weight is 277 g/mol. The third-order valence-corrected chi connectivity index (χ3v) is 2.79. The minimum atomic E-state index is -0.635. The first-order valence-corrected chi connectivity index (χ1v) is 5.54. The zero-order valence-corrected chi connectivity index (χ0v) is 10.2. The summed E-state index contributed by atoms with van der Waals surface area (Å²) in [6.45, 7) is 0. The van der Waals surface area contributed by atoms with Crippen molar-refractivity contribution in [1.29, 1.82) is 5.26 Å². The lowest BCUT2D eigenvalue weighted by Gasteiger charge is -2.06. The van der Waals surface area contributed by atoms with Crippen LogP contribution in [-0.4, -0.2) is 4.92 Å². The number of nitro groups is 1. The number of hydrogen-bond acceptors (Lipinski definition) is 3. The molecule has 0 aromatic heterocycles. The first kappa shape index (κ1) is 13.0. The van der Waals surface area contributed by atoms with E-state index < -0.39 is 10.7 Å². The van der Waals surface area contributed by atoms with E-state index in [1.54, 1.807) is 0 Å². The molecule has 0 saturated heterocycles. The third-order valence-electron chi connectivity index (χ3n) is 2.55. The molecule has 0 aliphatic heterocycles. The van der Waals surface area contributed by atoms with Gasteiger partial charge in [-0.25, -0.2) is 4.39 Å². The molecule has 19 heavy (non-hydrogen) atoms. The molecule has 0 aliphatic carbocycles. The van der Waals surface area contributed by atoms with Crippen molar-refractivity contribution in [1.82, 2.24) is 0 Å². The second kappa shape index (κ2) is 5.04. The van der Waals surface area contributed by atoms with Crippen LogP contribution in [-0.2, 0) is 0 Å². The van der Waals surface area contributed by atoms with E-state index in [2.05, 4.69) is 0 Å². The van der Waals surface area contributed by atoms with Crippen molar-refractivity contribution >= 4 is 17.3 Å². The van der Waals surface area contributed by atoms with E-state index in [0.717, 1.165) is 18.2 Å². The lowest BCUT2D eigenvalue weighted by atomic mass is 9.99. The van der Waals surface area contributed by atoms with Crippen molar-refractivity contribution in [2.75, 3.05) is 0 Å². The lowest BCUT2D eigenvalue weighted by Crippen LogP contribution is -1.93. The number of nitro benzene ring substituents is 1. The molecule has 6 heteroatoms. The lowest BCUT2D eigenvalue weighted by molar-refractivity contribution is -0.384. The van der Waals surface area contributed by atoms with Gasteiger partial charge >= 0.3 is 0 Å². The normalized spacial score (nSPS) is 9.95. The Morgan fingerprint density at radius 1 is 1.21 bits per heavy atom. The number of nitrogens with zero attached hydrogens (tertiary/aromatic N) is 2. The van der Waals surface area contributed by atoms with E-state index in [4.69, 9.17) is 16.9 Å². The van der Waals surface area contributed by atoms with Crippen molar-refractivity contribution in [2.45, 2.75) is 0 Å². The van der Waals surface area contributed by atoms with Crippen molar-refractivity contribution < 1.29 is 9.31 Å². The second-order valence-electron chi connectivity index (χ2n) is 3.72. The van der Waals surface area contributed by atoms with E-state index >= 15 is 0 Å². The molecule has 0 radical (unpaired) electrons. The molecule has 2 aromatic carbocycles. The van der Waals surface area contributed by atoms with Gasteiger partial charge in [0.25, 0.3) is 5.69 Å². The maximum Gasteiger partial charge on any atom is 0.270 e. The number of halogens is 2. The maximum absolute atomic E-state index is 13.8. The molecule has 4 nitrogen and oxygen atoms in total. The molecule has 2 rings (SSSR count). The Labute approximate surface area is 112 Å². The summed E-state index contributed by atoms with van der Waals surface area (Å²) in [4.78, 5) is 10.1. The Balaban J connectivity index is 2.68. The molecule has 0 heterocycles. The number of benzene rings is 2. The molecule has 0 amide bonds. The molecule has 94 valence electrons. The molecule has 0 saturated carbocycles. The van der Waals surface area contributed by atoms with Gasteiger partial charge in [-0.1, -0.05) is 17.7 Å². The quantitative estimate of drug-likeness (QED) is 0.616. The van der Waals surface area contributed by atoms with Gasteiger partial charge < -0.3 is 0 Å². The summed E-state index contributed by atoms with van der Waals surface area (Å²) in [5, 5.41) is 20.0. The Morgan fingerprint density at radius 3 is 2.58 bits per heavy atom. The zero-order chi connectivity index (χ0) is 14.0. The van der Waals surface area contributed by atoms with Crippen LogP contribution in [0.15, 0.2) is 36.4 Å². The summed E-state index contributed by atoms with van der Waals surface area (Å²) in [5.41, 5.74) is 0.192. The van der Waals surface area contributed by atoms with Crippen LogP contribution in [0.3, 0.4) is 0 Å². The second-order valence-corrected chi connectivity index (χ2v) is 4.16. The molecular formula is C13H6ClFN2O2. The molecule has 2 aromatic rings. The molecule has 0 aliphatic rings. The van der Waals surface area contributed by atoms with E-state index in [-0.39, 0.29) is 22.4 Å². The molecule has 0 fully saturated rings. The van der Waals surface area contributed by atoms with Crippen LogP contribution in [0, 0.1) is 27.3 Å². The topological polar surface area (TPSA) is 66.9 Å². The number of nitriles is 1. The number of non-ortho nitro benzene ring substituents is 1. The van der Waals surface area contributed by atoms with Gasteiger partial charge in [0.1, 0.15) is 5.82 Å². The van der Waals surface area contributed by atoms with E-state index in [9.17, 15) is 14.5 Å². The predicted octanol–water partition coefficient (Wildman–Crippen LogP) is 3.93. The molecule has 0 spiro atoms.